The Hall–Kier alpha value is -2.76. The smallest absolute Gasteiger partial charge is 0.298 e. The quantitative estimate of drug-likeness (QED) is 0.725. The second-order valence-corrected chi connectivity index (χ2v) is 4.18. The van der Waals surface area contributed by atoms with Gasteiger partial charge in [0.2, 0.25) is 5.82 Å². The van der Waals surface area contributed by atoms with Crippen molar-refractivity contribution in [3.63, 3.8) is 0 Å². The molecule has 6 nitrogen and oxygen atoms in total. The summed E-state index contributed by atoms with van der Waals surface area (Å²) < 4.78 is 1.49. The number of anilines is 1. The number of carbonyl (C=O) groups excluding carboxylic acids is 1. The molecule has 0 aliphatic rings. The van der Waals surface area contributed by atoms with Crippen LogP contribution in [0, 0.1) is 0 Å². The van der Waals surface area contributed by atoms with E-state index in [1.165, 1.54) is 4.52 Å². The van der Waals surface area contributed by atoms with Crippen LogP contribution in [0.3, 0.4) is 0 Å². The number of aromatic nitrogens is 4. The van der Waals surface area contributed by atoms with Crippen molar-refractivity contribution in [1.29, 1.82) is 0 Å². The first kappa shape index (κ1) is 12.3. The first-order valence-electron chi connectivity index (χ1n) is 6.34. The lowest BCUT2D eigenvalue weighted by Crippen LogP contribution is -2.31. The van der Waals surface area contributed by atoms with Crippen molar-refractivity contribution >= 4 is 17.4 Å². The number of fused-ring (bicyclic) bond motifs is 1. The lowest BCUT2D eigenvalue weighted by atomic mass is 10.3. The number of rotatable bonds is 3. The number of benzene rings is 1. The van der Waals surface area contributed by atoms with Crippen molar-refractivity contribution in [2.75, 3.05) is 11.4 Å². The van der Waals surface area contributed by atoms with E-state index in [1.54, 1.807) is 23.4 Å². The second kappa shape index (κ2) is 5.08. The van der Waals surface area contributed by atoms with Crippen LogP contribution in [0.1, 0.15) is 17.5 Å². The molecule has 0 atom stereocenters. The molecule has 0 unspecified atom stereocenters. The van der Waals surface area contributed by atoms with Crippen molar-refractivity contribution in [2.45, 2.75) is 6.92 Å². The molecule has 0 N–H and O–H groups in total. The molecule has 0 radical (unpaired) electrons. The molecule has 1 amide bonds. The number of hydrogen-bond donors (Lipinski definition) is 0. The SMILES string of the molecule is CCN(C(=O)c1nc2ncccn2n1)c1ccccc1. The van der Waals surface area contributed by atoms with Gasteiger partial charge >= 0.3 is 0 Å². The van der Waals surface area contributed by atoms with Crippen LogP contribution in [0.5, 0.6) is 0 Å². The van der Waals surface area contributed by atoms with E-state index in [0.717, 1.165) is 5.69 Å². The molecule has 6 heteroatoms. The average molecular weight is 267 g/mol. The van der Waals surface area contributed by atoms with Crippen LogP contribution in [0.15, 0.2) is 48.8 Å². The lowest BCUT2D eigenvalue weighted by molar-refractivity contribution is 0.0978. The predicted molar refractivity (Wildman–Crippen MR) is 74.6 cm³/mol. The Balaban J connectivity index is 1.98. The van der Waals surface area contributed by atoms with Crippen molar-refractivity contribution in [3.05, 3.63) is 54.6 Å². The molecule has 100 valence electrons. The molecule has 2 aromatic heterocycles. The van der Waals surface area contributed by atoms with E-state index in [9.17, 15) is 4.79 Å². The first-order chi connectivity index (χ1) is 9.79. The van der Waals surface area contributed by atoms with Crippen LogP contribution in [0.4, 0.5) is 5.69 Å². The van der Waals surface area contributed by atoms with Crippen LogP contribution in [0.2, 0.25) is 0 Å². The zero-order valence-electron chi connectivity index (χ0n) is 11.0. The normalized spacial score (nSPS) is 10.7. The van der Waals surface area contributed by atoms with Crippen LogP contribution >= 0.6 is 0 Å². The van der Waals surface area contributed by atoms with Gasteiger partial charge < -0.3 is 4.90 Å². The Labute approximate surface area is 115 Å². The van der Waals surface area contributed by atoms with Crippen molar-refractivity contribution < 1.29 is 4.79 Å². The third kappa shape index (κ3) is 2.11. The molecule has 0 aliphatic carbocycles. The highest BCUT2D eigenvalue weighted by Gasteiger charge is 2.20. The molecule has 0 saturated heterocycles. The van der Waals surface area contributed by atoms with E-state index >= 15 is 0 Å². The molecule has 3 rings (SSSR count). The highest BCUT2D eigenvalue weighted by atomic mass is 16.2. The van der Waals surface area contributed by atoms with Crippen LogP contribution < -0.4 is 4.90 Å². The number of carbonyl (C=O) groups is 1. The van der Waals surface area contributed by atoms with Gasteiger partial charge in [-0.05, 0) is 25.1 Å². The fraction of sp³-hybridized carbons (Fsp3) is 0.143. The minimum absolute atomic E-state index is 0.148. The van der Waals surface area contributed by atoms with Gasteiger partial charge in [0.05, 0.1) is 0 Å². The summed E-state index contributed by atoms with van der Waals surface area (Å²) in [6, 6.07) is 11.2. The Bertz CT molecular complexity index is 704. The molecule has 2 heterocycles. The highest BCUT2D eigenvalue weighted by Crippen LogP contribution is 2.15. The summed E-state index contributed by atoms with van der Waals surface area (Å²) >= 11 is 0. The van der Waals surface area contributed by atoms with Crippen LogP contribution in [0.25, 0.3) is 5.78 Å². The summed E-state index contributed by atoms with van der Waals surface area (Å²) in [7, 11) is 0. The van der Waals surface area contributed by atoms with E-state index < -0.39 is 0 Å². The van der Waals surface area contributed by atoms with Gasteiger partial charge in [-0.3, -0.25) is 4.79 Å². The van der Waals surface area contributed by atoms with Crippen molar-refractivity contribution in [2.24, 2.45) is 0 Å². The zero-order valence-corrected chi connectivity index (χ0v) is 11.0. The largest absolute Gasteiger partial charge is 0.306 e. The molecule has 0 saturated carbocycles. The van der Waals surface area contributed by atoms with Gasteiger partial charge in [0.15, 0.2) is 0 Å². The third-order valence-corrected chi connectivity index (χ3v) is 2.94. The van der Waals surface area contributed by atoms with E-state index in [1.807, 2.05) is 37.3 Å². The maximum Gasteiger partial charge on any atom is 0.298 e. The average Bonchev–Trinajstić information content (AvgIpc) is 2.93. The third-order valence-electron chi connectivity index (χ3n) is 2.94. The number of hydrogen-bond acceptors (Lipinski definition) is 4. The number of amides is 1. The summed E-state index contributed by atoms with van der Waals surface area (Å²) in [6.07, 6.45) is 3.33. The van der Waals surface area contributed by atoms with Gasteiger partial charge in [0.1, 0.15) is 0 Å². The van der Waals surface area contributed by atoms with Gasteiger partial charge in [-0.2, -0.15) is 4.98 Å². The molecule has 3 aromatic rings. The van der Waals surface area contributed by atoms with Gasteiger partial charge in [-0.1, -0.05) is 18.2 Å². The molecule has 1 aromatic carbocycles. The molecule has 0 bridgehead atoms. The molecule has 0 fully saturated rings. The summed E-state index contributed by atoms with van der Waals surface area (Å²) in [6.45, 7) is 2.46. The van der Waals surface area contributed by atoms with E-state index in [-0.39, 0.29) is 11.7 Å². The van der Waals surface area contributed by atoms with E-state index in [2.05, 4.69) is 15.1 Å². The minimum atomic E-state index is -0.232. The fourth-order valence-corrected chi connectivity index (χ4v) is 2.00. The van der Waals surface area contributed by atoms with Crippen LogP contribution in [-0.4, -0.2) is 32.0 Å². The standard InChI is InChI=1S/C14H13N5O/c1-2-18(11-7-4-3-5-8-11)13(20)12-16-14-15-9-6-10-19(14)17-12/h3-10H,2H2,1H3. The lowest BCUT2D eigenvalue weighted by Gasteiger charge is -2.18. The maximum absolute atomic E-state index is 12.5. The first-order valence-corrected chi connectivity index (χ1v) is 6.34. The Morgan fingerprint density at radius 2 is 2.05 bits per heavy atom. The maximum atomic E-state index is 12.5. The zero-order chi connectivity index (χ0) is 13.9. The summed E-state index contributed by atoms with van der Waals surface area (Å²) in [4.78, 5) is 22.4. The summed E-state index contributed by atoms with van der Waals surface area (Å²) in [5, 5.41) is 4.16. The van der Waals surface area contributed by atoms with E-state index in [0.29, 0.717) is 12.3 Å². The summed E-state index contributed by atoms with van der Waals surface area (Å²) in [5.41, 5.74) is 0.826. The Morgan fingerprint density at radius 1 is 1.25 bits per heavy atom. The topological polar surface area (TPSA) is 63.4 Å². The highest BCUT2D eigenvalue weighted by molar-refractivity contribution is 6.03. The van der Waals surface area contributed by atoms with Crippen molar-refractivity contribution in [3.8, 4) is 0 Å². The van der Waals surface area contributed by atoms with Crippen LogP contribution in [-0.2, 0) is 0 Å². The Morgan fingerprint density at radius 3 is 2.75 bits per heavy atom. The molecule has 20 heavy (non-hydrogen) atoms. The Kier molecular flexibility index (Phi) is 3.12. The fourth-order valence-electron chi connectivity index (χ4n) is 2.00. The predicted octanol–water partition coefficient (Wildman–Crippen LogP) is 1.79. The molecule has 0 aliphatic heterocycles. The van der Waals surface area contributed by atoms with E-state index in [4.69, 9.17) is 0 Å². The number of para-hydroxylation sites is 1. The van der Waals surface area contributed by atoms with Gasteiger partial charge in [-0.15, -0.1) is 5.10 Å². The monoisotopic (exact) mass is 267 g/mol. The van der Waals surface area contributed by atoms with Gasteiger partial charge in [-0.25, -0.2) is 9.50 Å². The van der Waals surface area contributed by atoms with Gasteiger partial charge in [0, 0.05) is 24.6 Å². The minimum Gasteiger partial charge on any atom is -0.306 e. The second-order valence-electron chi connectivity index (χ2n) is 4.18. The molecular formula is C14H13N5O. The van der Waals surface area contributed by atoms with Crippen molar-refractivity contribution in [1.82, 2.24) is 19.6 Å². The van der Waals surface area contributed by atoms with Gasteiger partial charge in [0.25, 0.3) is 11.7 Å². The molecule has 0 spiro atoms. The number of nitrogens with zero attached hydrogens (tertiary/aromatic N) is 5. The molecular weight excluding hydrogens is 254 g/mol. The summed E-state index contributed by atoms with van der Waals surface area (Å²) in [5.74, 6) is 0.332.